The molecule has 11 heteroatoms. The number of thiazole rings is 1. The number of benzene rings is 4. The average Bonchev–Trinajstić information content (AvgIpc) is 3.24. The topological polar surface area (TPSA) is 22.1 Å². The van der Waals surface area contributed by atoms with E-state index in [0.717, 1.165) is 33.7 Å². The molecule has 0 aliphatic carbocycles. The van der Waals surface area contributed by atoms with Gasteiger partial charge in [0.1, 0.15) is 33.8 Å². The van der Waals surface area contributed by atoms with Gasteiger partial charge in [-0.15, -0.1) is 11.3 Å². The molecule has 0 radical (unpaired) electrons. The first-order valence-corrected chi connectivity index (χ1v) is 11.6. The third kappa shape index (κ3) is 4.69. The van der Waals surface area contributed by atoms with E-state index in [1.54, 1.807) is 12.1 Å². The number of aromatic nitrogens is 1. The van der Waals surface area contributed by atoms with Gasteiger partial charge in [0.05, 0.1) is 10.2 Å². The highest BCUT2D eigenvalue weighted by Gasteiger charge is 2.41. The van der Waals surface area contributed by atoms with Crippen molar-refractivity contribution < 1.29 is 39.9 Å². The van der Waals surface area contributed by atoms with Gasteiger partial charge in [0.25, 0.3) is 0 Å². The van der Waals surface area contributed by atoms with E-state index in [1.807, 2.05) is 13.0 Å². The van der Waals surface area contributed by atoms with E-state index < -0.39 is 63.5 Å². The third-order valence-corrected chi connectivity index (χ3v) is 6.67. The monoisotopic (exact) mass is 551 g/mol. The molecular formula is C27H13F8NOS. The predicted octanol–water partition coefficient (Wildman–Crippen LogP) is 8.90. The Bertz CT molecular complexity index is 1670. The molecule has 194 valence electrons. The second kappa shape index (κ2) is 9.39. The van der Waals surface area contributed by atoms with E-state index in [4.69, 9.17) is 0 Å². The number of alkyl halides is 2. The van der Waals surface area contributed by atoms with Crippen molar-refractivity contribution in [1.82, 2.24) is 4.98 Å². The molecule has 1 heterocycles. The second-order valence-electron chi connectivity index (χ2n) is 8.32. The summed E-state index contributed by atoms with van der Waals surface area (Å²) in [7, 11) is 0. The molecule has 0 saturated carbocycles. The molecule has 5 rings (SSSR count). The summed E-state index contributed by atoms with van der Waals surface area (Å²) in [6, 6.07) is 9.87. The van der Waals surface area contributed by atoms with Crippen molar-refractivity contribution in [1.29, 1.82) is 0 Å². The fourth-order valence-corrected chi connectivity index (χ4v) is 4.88. The first-order chi connectivity index (χ1) is 17.9. The Kier molecular flexibility index (Phi) is 6.34. The van der Waals surface area contributed by atoms with Crippen molar-refractivity contribution in [3.05, 3.63) is 107 Å². The summed E-state index contributed by atoms with van der Waals surface area (Å²) in [4.78, 5) is 4.28. The fourth-order valence-electron chi connectivity index (χ4n) is 3.83. The molecule has 0 spiro atoms. The number of halogens is 8. The maximum atomic E-state index is 14.8. The minimum Gasteiger partial charge on any atom is -0.429 e. The van der Waals surface area contributed by atoms with Crippen LogP contribution in [0.1, 0.15) is 11.1 Å². The van der Waals surface area contributed by atoms with E-state index >= 15 is 0 Å². The van der Waals surface area contributed by atoms with E-state index in [0.29, 0.717) is 35.8 Å². The van der Waals surface area contributed by atoms with E-state index in [2.05, 4.69) is 9.72 Å². The average molecular weight is 551 g/mol. The van der Waals surface area contributed by atoms with Gasteiger partial charge < -0.3 is 4.74 Å². The van der Waals surface area contributed by atoms with Crippen LogP contribution in [0.15, 0.2) is 60.7 Å². The molecule has 0 N–H and O–H groups in total. The Balaban J connectivity index is 1.44. The molecule has 0 atom stereocenters. The molecule has 0 amide bonds. The Morgan fingerprint density at radius 1 is 0.711 bits per heavy atom. The molecule has 0 unspecified atom stereocenters. The standard InChI is InChI=1S/C27H13F8NOS/c1-12-2-5-22-23(6-12)38-26(36-22)14-9-18(29)24(19(30)10-14)27(34,35)37-15-3-4-16(17(28)11-15)13-7-20(31)25(33)21(32)8-13/h2-11H,1H3. The highest BCUT2D eigenvalue weighted by Crippen LogP contribution is 2.39. The molecule has 1 aromatic heterocycles. The predicted molar refractivity (Wildman–Crippen MR) is 126 cm³/mol. The quantitative estimate of drug-likeness (QED) is 0.161. The van der Waals surface area contributed by atoms with Crippen LogP contribution < -0.4 is 4.74 Å². The number of aryl methyl sites for hydroxylation is 1. The second-order valence-corrected chi connectivity index (χ2v) is 9.35. The third-order valence-electron chi connectivity index (χ3n) is 5.61. The van der Waals surface area contributed by atoms with Gasteiger partial charge in [0, 0.05) is 17.2 Å². The van der Waals surface area contributed by atoms with E-state index in [-0.39, 0.29) is 10.6 Å². The van der Waals surface area contributed by atoms with Crippen LogP contribution in [0.2, 0.25) is 0 Å². The van der Waals surface area contributed by atoms with Crippen LogP contribution in [0.4, 0.5) is 35.1 Å². The largest absolute Gasteiger partial charge is 0.432 e. The van der Waals surface area contributed by atoms with E-state index in [1.165, 1.54) is 0 Å². The smallest absolute Gasteiger partial charge is 0.429 e. The van der Waals surface area contributed by atoms with Crippen LogP contribution >= 0.6 is 11.3 Å². The van der Waals surface area contributed by atoms with Gasteiger partial charge in [-0.25, -0.2) is 31.3 Å². The lowest BCUT2D eigenvalue weighted by atomic mass is 10.0. The number of hydrogen-bond donors (Lipinski definition) is 0. The molecule has 4 aromatic carbocycles. The lowest BCUT2D eigenvalue weighted by Gasteiger charge is -2.20. The Hall–Kier alpha value is -3.99. The highest BCUT2D eigenvalue weighted by atomic mass is 32.1. The minimum atomic E-state index is -4.57. The van der Waals surface area contributed by atoms with Crippen molar-refractivity contribution in [3.8, 4) is 27.4 Å². The van der Waals surface area contributed by atoms with Gasteiger partial charge in [0.15, 0.2) is 17.5 Å². The SMILES string of the molecule is Cc1ccc2nc(-c3cc(F)c(C(F)(F)Oc4ccc(-c5cc(F)c(F)c(F)c5)c(F)c4)c(F)c3)sc2c1. The first kappa shape index (κ1) is 25.7. The highest BCUT2D eigenvalue weighted by molar-refractivity contribution is 7.21. The van der Waals surface area contributed by atoms with Gasteiger partial charge >= 0.3 is 6.11 Å². The summed E-state index contributed by atoms with van der Waals surface area (Å²) >= 11 is 1.13. The number of hydrogen-bond acceptors (Lipinski definition) is 3. The molecule has 38 heavy (non-hydrogen) atoms. The number of nitrogens with zero attached hydrogens (tertiary/aromatic N) is 1. The summed E-state index contributed by atoms with van der Waals surface area (Å²) in [5, 5.41) is 0.213. The summed E-state index contributed by atoms with van der Waals surface area (Å²) in [6.07, 6.45) is -4.57. The van der Waals surface area contributed by atoms with Crippen molar-refractivity contribution in [3.63, 3.8) is 0 Å². The van der Waals surface area contributed by atoms with Crippen molar-refractivity contribution in [2.75, 3.05) is 0 Å². The molecule has 0 aliphatic heterocycles. The van der Waals surface area contributed by atoms with Crippen LogP contribution in [-0.4, -0.2) is 4.98 Å². The zero-order valence-electron chi connectivity index (χ0n) is 19.1. The maximum absolute atomic E-state index is 14.8. The first-order valence-electron chi connectivity index (χ1n) is 10.8. The zero-order valence-corrected chi connectivity index (χ0v) is 19.9. The zero-order chi connectivity index (χ0) is 27.4. The number of fused-ring (bicyclic) bond motifs is 1. The van der Waals surface area contributed by atoms with Crippen molar-refractivity contribution in [2.24, 2.45) is 0 Å². The summed E-state index contributed by atoms with van der Waals surface area (Å²) in [5.74, 6) is -10.2. The fraction of sp³-hybridized carbons (Fsp3) is 0.0741. The van der Waals surface area contributed by atoms with Crippen LogP contribution in [-0.2, 0) is 6.11 Å². The summed E-state index contributed by atoms with van der Waals surface area (Å²) in [6.45, 7) is 1.86. The molecule has 0 aliphatic rings. The lowest BCUT2D eigenvalue weighted by Crippen LogP contribution is -2.25. The molecular weight excluding hydrogens is 538 g/mol. The minimum absolute atomic E-state index is 0.0624. The maximum Gasteiger partial charge on any atom is 0.432 e. The molecule has 0 fully saturated rings. The van der Waals surface area contributed by atoms with Crippen molar-refractivity contribution in [2.45, 2.75) is 13.0 Å². The molecule has 0 bridgehead atoms. The van der Waals surface area contributed by atoms with Gasteiger partial charge in [0.2, 0.25) is 0 Å². The molecule has 0 saturated heterocycles. The van der Waals surface area contributed by atoms with Gasteiger partial charge in [-0.05, 0) is 66.6 Å². The summed E-state index contributed by atoms with van der Waals surface area (Å²) < 4.78 is 119. The van der Waals surface area contributed by atoms with Gasteiger partial charge in [-0.2, -0.15) is 8.78 Å². The van der Waals surface area contributed by atoms with Gasteiger partial charge in [-0.3, -0.25) is 0 Å². The molecule has 5 aromatic rings. The Labute approximate surface area is 213 Å². The van der Waals surface area contributed by atoms with Crippen LogP contribution in [0, 0.1) is 41.8 Å². The van der Waals surface area contributed by atoms with Gasteiger partial charge in [-0.1, -0.05) is 6.07 Å². The Morgan fingerprint density at radius 2 is 1.34 bits per heavy atom. The normalized spacial score (nSPS) is 11.8. The number of rotatable bonds is 5. The number of ether oxygens (including phenoxy) is 1. The van der Waals surface area contributed by atoms with Crippen LogP contribution in [0.3, 0.4) is 0 Å². The summed E-state index contributed by atoms with van der Waals surface area (Å²) in [5.41, 5.74) is -1.11. The molecule has 2 nitrogen and oxygen atoms in total. The van der Waals surface area contributed by atoms with E-state index in [9.17, 15) is 35.1 Å². The van der Waals surface area contributed by atoms with Crippen molar-refractivity contribution >= 4 is 21.6 Å². The Morgan fingerprint density at radius 3 is 1.97 bits per heavy atom. The van der Waals surface area contributed by atoms with Crippen LogP contribution in [0.5, 0.6) is 5.75 Å². The van der Waals surface area contributed by atoms with Crippen LogP contribution in [0.25, 0.3) is 31.9 Å². The lowest BCUT2D eigenvalue weighted by molar-refractivity contribution is -0.189.